The van der Waals surface area contributed by atoms with Crippen molar-refractivity contribution in [3.05, 3.63) is 93.6 Å². The molecule has 5 rings (SSSR count). The summed E-state index contributed by atoms with van der Waals surface area (Å²) in [7, 11) is 0. The Balaban J connectivity index is 1.39. The first kappa shape index (κ1) is 24.6. The van der Waals surface area contributed by atoms with Crippen LogP contribution in [0.4, 0.5) is 5.69 Å². The Hall–Kier alpha value is -3.09. The van der Waals surface area contributed by atoms with Gasteiger partial charge in [0, 0.05) is 12.2 Å². The number of pyridine rings is 1. The summed E-state index contributed by atoms with van der Waals surface area (Å²) in [5, 5.41) is 0.998. The highest BCUT2D eigenvalue weighted by Gasteiger charge is 2.38. The molecule has 0 unspecified atom stereocenters. The zero-order valence-electron chi connectivity index (χ0n) is 20.2. The number of ether oxygens (including phenoxy) is 1. The van der Waals surface area contributed by atoms with Gasteiger partial charge in [0.05, 0.1) is 4.91 Å². The number of hydrogen-bond donors (Lipinski definition) is 0. The van der Waals surface area contributed by atoms with E-state index in [1.807, 2.05) is 41.3 Å². The third kappa shape index (κ3) is 5.82. The van der Waals surface area contributed by atoms with Crippen LogP contribution in [0.15, 0.2) is 76.8 Å². The lowest BCUT2D eigenvalue weighted by Gasteiger charge is -2.30. The van der Waals surface area contributed by atoms with E-state index < -0.39 is 0 Å². The predicted octanol–water partition coefficient (Wildman–Crippen LogP) is 7.56. The SMILES string of the molecule is Cc1ccc(COc2cccc(/C=C3\SC(=Nc4cccnc4Cl)N(C4CCCCC4)C3=O)c2)cc1. The first-order chi connectivity index (χ1) is 17.6. The van der Waals surface area contributed by atoms with Gasteiger partial charge in [-0.2, -0.15) is 0 Å². The largest absolute Gasteiger partial charge is 0.489 e. The average Bonchev–Trinajstić information content (AvgIpc) is 3.20. The molecule has 1 saturated heterocycles. The summed E-state index contributed by atoms with van der Waals surface area (Å²) >= 11 is 7.67. The molecule has 5 nitrogen and oxygen atoms in total. The van der Waals surface area contributed by atoms with Crippen LogP contribution in [-0.2, 0) is 11.4 Å². The minimum absolute atomic E-state index is 0.00311. The normalized spacial score (nSPS) is 18.8. The van der Waals surface area contributed by atoms with Gasteiger partial charge in [0.2, 0.25) is 0 Å². The van der Waals surface area contributed by atoms with E-state index in [9.17, 15) is 4.79 Å². The van der Waals surface area contributed by atoms with Crippen molar-refractivity contribution in [2.75, 3.05) is 0 Å². The summed E-state index contributed by atoms with van der Waals surface area (Å²) in [5.74, 6) is 0.761. The molecule has 184 valence electrons. The number of carbonyl (C=O) groups excluding carboxylic acids is 1. The molecule has 1 amide bonds. The Morgan fingerprint density at radius 1 is 1.11 bits per heavy atom. The smallest absolute Gasteiger partial charge is 0.267 e. The summed E-state index contributed by atoms with van der Waals surface area (Å²) in [6.45, 7) is 2.56. The van der Waals surface area contributed by atoms with Crippen molar-refractivity contribution in [3.63, 3.8) is 0 Å². The van der Waals surface area contributed by atoms with Crippen LogP contribution in [0.5, 0.6) is 5.75 Å². The molecule has 0 atom stereocenters. The van der Waals surface area contributed by atoms with Gasteiger partial charge < -0.3 is 4.74 Å². The molecule has 7 heteroatoms. The van der Waals surface area contributed by atoms with Gasteiger partial charge in [-0.25, -0.2) is 9.98 Å². The lowest BCUT2D eigenvalue weighted by atomic mass is 9.94. The number of aliphatic imine (C=N–C) groups is 1. The fourth-order valence-electron chi connectivity index (χ4n) is 4.49. The second-order valence-corrected chi connectivity index (χ2v) is 10.5. The third-order valence-electron chi connectivity index (χ3n) is 6.41. The lowest BCUT2D eigenvalue weighted by Crippen LogP contribution is -2.40. The number of thioether (sulfide) groups is 1. The molecule has 1 saturated carbocycles. The molecule has 36 heavy (non-hydrogen) atoms. The van der Waals surface area contributed by atoms with Gasteiger partial charge in [-0.1, -0.05) is 72.8 Å². The fourth-order valence-corrected chi connectivity index (χ4v) is 5.70. The number of hydrogen-bond acceptors (Lipinski definition) is 5. The zero-order valence-corrected chi connectivity index (χ0v) is 21.8. The van der Waals surface area contributed by atoms with Crippen LogP contribution >= 0.6 is 23.4 Å². The van der Waals surface area contributed by atoms with Crippen molar-refractivity contribution in [2.45, 2.75) is 51.7 Å². The number of aromatic nitrogens is 1. The van der Waals surface area contributed by atoms with E-state index in [2.05, 4.69) is 36.2 Å². The van der Waals surface area contributed by atoms with Crippen LogP contribution in [0, 0.1) is 6.92 Å². The van der Waals surface area contributed by atoms with Gasteiger partial charge >= 0.3 is 0 Å². The Labute approximate surface area is 221 Å². The topological polar surface area (TPSA) is 54.8 Å². The Morgan fingerprint density at radius 3 is 2.69 bits per heavy atom. The second kappa shape index (κ2) is 11.3. The molecule has 0 N–H and O–H groups in total. The summed E-state index contributed by atoms with van der Waals surface area (Å²) in [5.41, 5.74) is 3.82. The highest BCUT2D eigenvalue weighted by atomic mass is 35.5. The van der Waals surface area contributed by atoms with Gasteiger partial charge in [-0.15, -0.1) is 0 Å². The Bertz CT molecular complexity index is 1300. The molecule has 2 fully saturated rings. The van der Waals surface area contributed by atoms with Crippen molar-refractivity contribution < 1.29 is 9.53 Å². The van der Waals surface area contributed by atoms with E-state index in [0.29, 0.717) is 27.5 Å². The highest BCUT2D eigenvalue weighted by Crippen LogP contribution is 2.39. The van der Waals surface area contributed by atoms with Gasteiger partial charge in [0.25, 0.3) is 5.91 Å². The van der Waals surface area contributed by atoms with Crippen molar-refractivity contribution in [3.8, 4) is 5.75 Å². The van der Waals surface area contributed by atoms with Crippen LogP contribution in [-0.4, -0.2) is 27.0 Å². The van der Waals surface area contributed by atoms with E-state index in [4.69, 9.17) is 21.3 Å². The van der Waals surface area contributed by atoms with E-state index in [1.165, 1.54) is 23.7 Å². The number of benzene rings is 2. The molecule has 2 heterocycles. The van der Waals surface area contributed by atoms with Gasteiger partial charge in [0.1, 0.15) is 18.0 Å². The van der Waals surface area contributed by atoms with Crippen LogP contribution in [0.3, 0.4) is 0 Å². The number of amides is 1. The summed E-state index contributed by atoms with van der Waals surface area (Å²) in [4.78, 5) is 25.0. The minimum Gasteiger partial charge on any atom is -0.489 e. The highest BCUT2D eigenvalue weighted by molar-refractivity contribution is 8.18. The standard InChI is InChI=1S/C29H28ClN3O2S/c1-20-12-14-21(15-13-20)19-35-24-10-5-7-22(17-24)18-26-28(34)33(23-8-3-2-4-9-23)29(36-26)32-25-11-6-16-31-27(25)30/h5-7,10-18,23H,2-4,8-9,19H2,1H3/b26-18-,32-29?. The minimum atomic E-state index is -0.00311. The van der Waals surface area contributed by atoms with Crippen LogP contribution in [0.25, 0.3) is 6.08 Å². The van der Waals surface area contributed by atoms with Crippen molar-refractivity contribution in [1.29, 1.82) is 0 Å². The molecule has 2 aliphatic rings. The van der Waals surface area contributed by atoms with Crippen LogP contribution in [0.1, 0.15) is 48.8 Å². The van der Waals surface area contributed by atoms with E-state index in [0.717, 1.165) is 42.6 Å². The molecule has 2 aromatic carbocycles. The average molecular weight is 518 g/mol. The fraction of sp³-hybridized carbons (Fsp3) is 0.276. The molecular formula is C29H28ClN3O2S. The number of rotatable bonds is 6. The van der Waals surface area contributed by atoms with E-state index >= 15 is 0 Å². The maximum absolute atomic E-state index is 13.6. The third-order valence-corrected chi connectivity index (χ3v) is 7.69. The molecule has 3 aromatic rings. The zero-order chi connectivity index (χ0) is 24.9. The molecule has 1 aliphatic heterocycles. The quantitative estimate of drug-likeness (QED) is 0.250. The Kier molecular flexibility index (Phi) is 7.73. The van der Waals surface area contributed by atoms with Crippen molar-refractivity contribution >= 4 is 46.2 Å². The first-order valence-corrected chi connectivity index (χ1v) is 13.5. The maximum Gasteiger partial charge on any atom is 0.267 e. The number of aryl methyl sites for hydroxylation is 1. The molecule has 0 bridgehead atoms. The first-order valence-electron chi connectivity index (χ1n) is 12.3. The molecule has 1 aliphatic carbocycles. The number of nitrogens with zero attached hydrogens (tertiary/aromatic N) is 3. The molecule has 0 radical (unpaired) electrons. The van der Waals surface area contributed by atoms with Crippen LogP contribution in [0.2, 0.25) is 5.15 Å². The molecule has 1 aromatic heterocycles. The second-order valence-electron chi connectivity index (χ2n) is 9.13. The van der Waals surface area contributed by atoms with E-state index in [1.54, 1.807) is 12.3 Å². The summed E-state index contributed by atoms with van der Waals surface area (Å²) in [6, 6.07) is 19.9. The number of amidine groups is 1. The van der Waals surface area contributed by atoms with Crippen molar-refractivity contribution in [1.82, 2.24) is 9.88 Å². The number of carbonyl (C=O) groups is 1. The van der Waals surface area contributed by atoms with Crippen LogP contribution < -0.4 is 4.74 Å². The lowest BCUT2D eigenvalue weighted by molar-refractivity contribution is -0.124. The van der Waals surface area contributed by atoms with Crippen molar-refractivity contribution in [2.24, 2.45) is 4.99 Å². The monoisotopic (exact) mass is 517 g/mol. The predicted molar refractivity (Wildman–Crippen MR) is 148 cm³/mol. The van der Waals surface area contributed by atoms with Gasteiger partial charge in [-0.05, 0) is 73.0 Å². The maximum atomic E-state index is 13.6. The summed E-state index contributed by atoms with van der Waals surface area (Å²) in [6.07, 6.45) is 9.00. The number of halogens is 1. The molecular weight excluding hydrogens is 490 g/mol. The summed E-state index contributed by atoms with van der Waals surface area (Å²) < 4.78 is 6.02. The van der Waals surface area contributed by atoms with Gasteiger partial charge in [-0.3, -0.25) is 9.69 Å². The molecule has 0 spiro atoms. The van der Waals surface area contributed by atoms with E-state index in [-0.39, 0.29) is 11.9 Å². The van der Waals surface area contributed by atoms with Gasteiger partial charge in [0.15, 0.2) is 10.3 Å². The Morgan fingerprint density at radius 2 is 1.92 bits per heavy atom.